The zero-order valence-corrected chi connectivity index (χ0v) is 21.3. The lowest BCUT2D eigenvalue weighted by atomic mass is 9.90. The number of aromatic nitrogens is 1. The smallest absolute Gasteiger partial charge is 0.243 e. The summed E-state index contributed by atoms with van der Waals surface area (Å²) in [6, 6.07) is 8.52. The summed E-state index contributed by atoms with van der Waals surface area (Å²) in [4.78, 5) is 19.8. The minimum Gasteiger partial charge on any atom is -0.486 e. The van der Waals surface area contributed by atoms with Gasteiger partial charge >= 0.3 is 0 Å². The van der Waals surface area contributed by atoms with Gasteiger partial charge in [0.25, 0.3) is 0 Å². The number of piperidine rings is 1. The Morgan fingerprint density at radius 3 is 2.58 bits per heavy atom. The van der Waals surface area contributed by atoms with Crippen LogP contribution in [-0.4, -0.2) is 73.9 Å². The molecule has 5 rings (SSSR count). The van der Waals surface area contributed by atoms with Gasteiger partial charge in [-0.3, -0.25) is 14.7 Å². The van der Waals surface area contributed by atoms with Crippen LogP contribution in [0.4, 0.5) is 0 Å². The molecular formula is C26H34N4O5S. The van der Waals surface area contributed by atoms with Gasteiger partial charge in [-0.2, -0.15) is 4.31 Å². The highest BCUT2D eigenvalue weighted by molar-refractivity contribution is 7.89. The number of carbonyl (C=O) groups is 1. The van der Waals surface area contributed by atoms with E-state index in [1.807, 2.05) is 12.1 Å². The van der Waals surface area contributed by atoms with Crippen molar-refractivity contribution in [1.29, 1.82) is 0 Å². The molecule has 2 unspecified atom stereocenters. The number of hydrogen-bond donors (Lipinski definition) is 1. The number of fused-ring (bicyclic) bond motifs is 2. The highest BCUT2D eigenvalue weighted by Gasteiger charge is 2.41. The lowest BCUT2D eigenvalue weighted by molar-refractivity contribution is -0.129. The molecule has 4 heterocycles. The number of ether oxygens (including phenoxy) is 2. The first-order chi connectivity index (χ1) is 17.5. The normalized spacial score (nSPS) is 24.3. The van der Waals surface area contributed by atoms with Crippen LogP contribution >= 0.6 is 0 Å². The van der Waals surface area contributed by atoms with Gasteiger partial charge < -0.3 is 14.8 Å². The van der Waals surface area contributed by atoms with Gasteiger partial charge in [0, 0.05) is 50.7 Å². The number of pyridine rings is 1. The van der Waals surface area contributed by atoms with Gasteiger partial charge in [-0.1, -0.05) is 12.8 Å². The molecule has 194 valence electrons. The quantitative estimate of drug-likeness (QED) is 0.669. The topological polar surface area (TPSA) is 101 Å². The number of rotatable bonds is 4. The number of nitrogens with zero attached hydrogens (tertiary/aromatic N) is 3. The fourth-order valence-corrected chi connectivity index (χ4v) is 6.84. The summed E-state index contributed by atoms with van der Waals surface area (Å²) < 4.78 is 40.2. The van der Waals surface area contributed by atoms with Crippen molar-refractivity contribution in [2.75, 3.05) is 39.4 Å². The summed E-state index contributed by atoms with van der Waals surface area (Å²) in [5.41, 5.74) is 1.10. The summed E-state index contributed by atoms with van der Waals surface area (Å²) in [5, 5.41) is 3.11. The van der Waals surface area contributed by atoms with E-state index in [0.717, 1.165) is 37.8 Å². The number of carbonyl (C=O) groups excluding carboxylic acids is 1. The van der Waals surface area contributed by atoms with Crippen molar-refractivity contribution in [1.82, 2.24) is 19.5 Å². The van der Waals surface area contributed by atoms with E-state index in [0.29, 0.717) is 50.8 Å². The van der Waals surface area contributed by atoms with Crippen LogP contribution in [0.5, 0.6) is 11.5 Å². The molecule has 2 aromatic rings. The highest BCUT2D eigenvalue weighted by atomic mass is 32.2. The maximum atomic E-state index is 13.7. The van der Waals surface area contributed by atoms with Crippen molar-refractivity contribution < 1.29 is 22.7 Å². The van der Waals surface area contributed by atoms with Crippen LogP contribution in [0.1, 0.15) is 37.7 Å². The van der Waals surface area contributed by atoms with Gasteiger partial charge in [-0.25, -0.2) is 8.42 Å². The number of sulfonamides is 1. The van der Waals surface area contributed by atoms with Crippen LogP contribution in [-0.2, 0) is 21.4 Å². The molecule has 0 spiro atoms. The van der Waals surface area contributed by atoms with Gasteiger partial charge in [-0.15, -0.1) is 0 Å². The molecule has 9 nitrogen and oxygen atoms in total. The lowest BCUT2D eigenvalue weighted by Gasteiger charge is -2.43. The highest BCUT2D eigenvalue weighted by Crippen LogP contribution is 2.35. The molecule has 1 amide bonds. The van der Waals surface area contributed by atoms with E-state index in [9.17, 15) is 13.2 Å². The maximum Gasteiger partial charge on any atom is 0.243 e. The van der Waals surface area contributed by atoms with Crippen molar-refractivity contribution in [3.8, 4) is 11.5 Å². The molecule has 0 saturated carbocycles. The van der Waals surface area contributed by atoms with Crippen LogP contribution in [0.15, 0.2) is 47.6 Å². The van der Waals surface area contributed by atoms with Crippen molar-refractivity contribution in [2.45, 2.75) is 49.6 Å². The predicted octanol–water partition coefficient (Wildman–Crippen LogP) is 2.42. The third kappa shape index (κ3) is 5.50. The molecule has 36 heavy (non-hydrogen) atoms. The lowest BCUT2D eigenvalue weighted by Crippen LogP contribution is -2.57. The first-order valence-corrected chi connectivity index (χ1v) is 14.3. The maximum absolute atomic E-state index is 13.7. The largest absolute Gasteiger partial charge is 0.486 e. The zero-order valence-electron chi connectivity index (χ0n) is 20.5. The molecule has 0 aliphatic carbocycles. The number of hydrogen-bond acceptors (Lipinski definition) is 7. The molecule has 2 saturated heterocycles. The minimum absolute atomic E-state index is 0.0259. The molecule has 1 N–H and O–H groups in total. The fraction of sp³-hybridized carbons (Fsp3) is 0.538. The average Bonchev–Trinajstić information content (AvgIpc) is 2.94. The van der Waals surface area contributed by atoms with E-state index < -0.39 is 10.0 Å². The number of benzene rings is 1. The van der Waals surface area contributed by atoms with Gasteiger partial charge in [0.2, 0.25) is 15.9 Å². The Morgan fingerprint density at radius 2 is 1.75 bits per heavy atom. The molecule has 10 heteroatoms. The number of amides is 1. The Balaban J connectivity index is 1.43. The molecule has 2 fully saturated rings. The Morgan fingerprint density at radius 1 is 0.972 bits per heavy atom. The summed E-state index contributed by atoms with van der Waals surface area (Å²) in [6.07, 6.45) is 8.15. The minimum atomic E-state index is -3.77. The van der Waals surface area contributed by atoms with Crippen molar-refractivity contribution in [3.05, 3.63) is 48.3 Å². The van der Waals surface area contributed by atoms with Crippen molar-refractivity contribution >= 4 is 15.9 Å². The van der Waals surface area contributed by atoms with Gasteiger partial charge in [0.1, 0.15) is 13.2 Å². The van der Waals surface area contributed by atoms with E-state index >= 15 is 0 Å². The standard InChI is InChI=1S/C26H34N4O5S/c31-26-22-9-14-30(36(32,33)21-5-6-24-25(17-21)35-16-15-34-24)19-23(22)29(13-4-2-1-3-10-28-26)18-20-7-11-27-12-8-20/h5-8,11-12,17,22-23H,1-4,9-10,13-16,18-19H2,(H,28,31). The summed E-state index contributed by atoms with van der Waals surface area (Å²) >= 11 is 0. The molecule has 2 atom stereocenters. The van der Waals surface area contributed by atoms with Gasteiger partial charge in [0.05, 0.1) is 10.8 Å². The molecule has 1 aromatic carbocycles. The van der Waals surface area contributed by atoms with Crippen LogP contribution in [0, 0.1) is 5.92 Å². The third-order valence-corrected chi connectivity index (χ3v) is 9.17. The van der Waals surface area contributed by atoms with Crippen LogP contribution in [0.25, 0.3) is 0 Å². The van der Waals surface area contributed by atoms with Crippen LogP contribution in [0.2, 0.25) is 0 Å². The molecule has 3 aliphatic rings. The Labute approximate surface area is 212 Å². The third-order valence-electron chi connectivity index (χ3n) is 7.31. The number of nitrogens with one attached hydrogen (secondary N) is 1. The molecule has 1 aromatic heterocycles. The van der Waals surface area contributed by atoms with E-state index in [1.54, 1.807) is 30.6 Å². The predicted molar refractivity (Wildman–Crippen MR) is 134 cm³/mol. The van der Waals surface area contributed by atoms with Crippen molar-refractivity contribution in [3.63, 3.8) is 0 Å². The van der Waals surface area contributed by atoms with E-state index in [-0.39, 0.29) is 29.3 Å². The second kappa shape index (κ2) is 11.1. The van der Waals surface area contributed by atoms with E-state index in [2.05, 4.69) is 15.2 Å². The van der Waals surface area contributed by atoms with Gasteiger partial charge in [-0.05, 0) is 55.6 Å². The van der Waals surface area contributed by atoms with Crippen LogP contribution in [0.3, 0.4) is 0 Å². The summed E-state index contributed by atoms with van der Waals surface area (Å²) in [5.74, 6) is 0.767. The molecule has 0 bridgehead atoms. The zero-order chi connectivity index (χ0) is 25.0. The molecule has 0 radical (unpaired) electrons. The monoisotopic (exact) mass is 514 g/mol. The second-order valence-corrected chi connectivity index (χ2v) is 11.6. The van der Waals surface area contributed by atoms with E-state index in [4.69, 9.17) is 9.47 Å². The van der Waals surface area contributed by atoms with E-state index in [1.165, 1.54) is 4.31 Å². The second-order valence-electron chi connectivity index (χ2n) is 9.66. The molecular weight excluding hydrogens is 480 g/mol. The molecule has 3 aliphatic heterocycles. The Hall–Kier alpha value is -2.69. The van der Waals surface area contributed by atoms with Crippen LogP contribution < -0.4 is 14.8 Å². The first kappa shape index (κ1) is 25.0. The van der Waals surface area contributed by atoms with Gasteiger partial charge in [0.15, 0.2) is 11.5 Å². The first-order valence-electron chi connectivity index (χ1n) is 12.8. The Kier molecular flexibility index (Phi) is 7.73. The summed E-state index contributed by atoms with van der Waals surface area (Å²) in [7, 11) is -3.77. The fourth-order valence-electron chi connectivity index (χ4n) is 5.35. The Bertz CT molecular complexity index is 1160. The summed E-state index contributed by atoms with van der Waals surface area (Å²) in [6.45, 7) is 3.54. The average molecular weight is 515 g/mol. The van der Waals surface area contributed by atoms with Crippen molar-refractivity contribution in [2.24, 2.45) is 5.92 Å². The SMILES string of the molecule is O=C1NCCCCCCN(Cc2ccncc2)C2CN(S(=O)(=O)c3ccc4c(c3)OCCO4)CCC12.